The number of urea groups is 1. The zero-order chi connectivity index (χ0) is 26.8. The molecule has 3 heterocycles. The van der Waals surface area contributed by atoms with Gasteiger partial charge in [-0.1, -0.05) is 32.0 Å². The van der Waals surface area contributed by atoms with Crippen molar-refractivity contribution in [1.82, 2.24) is 24.7 Å². The molecule has 5 aromatic rings. The van der Waals surface area contributed by atoms with E-state index in [0.29, 0.717) is 17.0 Å². The van der Waals surface area contributed by atoms with Crippen molar-refractivity contribution in [3.63, 3.8) is 0 Å². The zero-order valence-electron chi connectivity index (χ0n) is 20.8. The van der Waals surface area contributed by atoms with Crippen LogP contribution in [0.15, 0.2) is 71.7 Å². The minimum Gasteiger partial charge on any atom is -0.455 e. The van der Waals surface area contributed by atoms with Crippen LogP contribution in [-0.4, -0.2) is 30.8 Å². The molecule has 3 aromatic heterocycles. The maximum absolute atomic E-state index is 14.9. The molecule has 0 aliphatic heterocycles. The smallest absolute Gasteiger partial charge is 0.324 e. The Morgan fingerprint density at radius 1 is 1.08 bits per heavy atom. The van der Waals surface area contributed by atoms with Crippen LogP contribution in [0.2, 0.25) is 0 Å². The number of fused-ring (bicyclic) bond motifs is 1. The molecule has 0 spiro atoms. The predicted molar refractivity (Wildman–Crippen MR) is 142 cm³/mol. The van der Waals surface area contributed by atoms with Gasteiger partial charge in [0.1, 0.15) is 28.6 Å². The summed E-state index contributed by atoms with van der Waals surface area (Å²) in [4.78, 5) is 35.7. The van der Waals surface area contributed by atoms with Gasteiger partial charge < -0.3 is 15.0 Å². The molecule has 0 fully saturated rings. The highest BCUT2D eigenvalue weighted by Gasteiger charge is 2.16. The number of pyridine rings is 1. The molecule has 2 amide bonds. The number of ether oxygens (including phenoxy) is 1. The van der Waals surface area contributed by atoms with Gasteiger partial charge in [-0.25, -0.2) is 23.8 Å². The largest absolute Gasteiger partial charge is 0.455 e. The van der Waals surface area contributed by atoms with Crippen LogP contribution in [0, 0.1) is 12.7 Å². The number of amides is 2. The number of benzene rings is 2. The van der Waals surface area contributed by atoms with Gasteiger partial charge >= 0.3 is 6.03 Å². The number of H-pyrrole nitrogens is 1. The third-order valence-electron chi connectivity index (χ3n) is 5.71. The van der Waals surface area contributed by atoms with Crippen LogP contribution in [0.4, 0.5) is 20.7 Å². The Morgan fingerprint density at radius 2 is 1.87 bits per heavy atom. The van der Waals surface area contributed by atoms with Crippen molar-refractivity contribution >= 4 is 28.7 Å². The number of para-hydroxylation sites is 1. The first kappa shape index (κ1) is 24.6. The van der Waals surface area contributed by atoms with Crippen LogP contribution < -0.4 is 20.9 Å². The quantitative estimate of drug-likeness (QED) is 0.275. The molecule has 2 aromatic carbocycles. The van der Waals surface area contributed by atoms with Crippen molar-refractivity contribution < 1.29 is 13.9 Å². The van der Waals surface area contributed by atoms with E-state index in [1.165, 1.54) is 24.4 Å². The molecule has 0 aliphatic carbocycles. The summed E-state index contributed by atoms with van der Waals surface area (Å²) in [5, 5.41) is 9.86. The van der Waals surface area contributed by atoms with Crippen LogP contribution in [-0.2, 0) is 0 Å². The van der Waals surface area contributed by atoms with Gasteiger partial charge in [0.25, 0.3) is 5.56 Å². The second-order valence-corrected chi connectivity index (χ2v) is 8.84. The van der Waals surface area contributed by atoms with E-state index in [4.69, 9.17) is 4.74 Å². The van der Waals surface area contributed by atoms with Crippen molar-refractivity contribution in [2.24, 2.45) is 0 Å². The number of carbonyl (C=O) groups excluding carboxylic acids is 1. The number of aromatic amines is 1. The number of hydrogen-bond donors (Lipinski definition) is 3. The second kappa shape index (κ2) is 10.1. The van der Waals surface area contributed by atoms with Crippen LogP contribution >= 0.6 is 0 Å². The fourth-order valence-corrected chi connectivity index (χ4v) is 3.73. The fraction of sp³-hybridized carbons (Fsp3) is 0.148. The normalized spacial score (nSPS) is 11.1. The number of carbonyl (C=O) groups is 1. The number of halogens is 1. The third kappa shape index (κ3) is 5.07. The lowest BCUT2D eigenvalue weighted by atomic mass is 10.1. The number of anilines is 2. The summed E-state index contributed by atoms with van der Waals surface area (Å²) in [6, 6.07) is 16.1. The van der Waals surface area contributed by atoms with E-state index in [1.54, 1.807) is 17.7 Å². The molecule has 0 saturated carbocycles. The van der Waals surface area contributed by atoms with Gasteiger partial charge in [-0.3, -0.25) is 10.1 Å². The number of rotatable bonds is 6. The molecule has 5 rings (SSSR count). The Morgan fingerprint density at radius 3 is 2.61 bits per heavy atom. The molecule has 0 radical (unpaired) electrons. The Bertz CT molecular complexity index is 1700. The van der Waals surface area contributed by atoms with Gasteiger partial charge in [0.15, 0.2) is 11.4 Å². The highest BCUT2D eigenvalue weighted by Crippen LogP contribution is 2.29. The number of nitrogens with one attached hydrogen (secondary N) is 3. The zero-order valence-corrected chi connectivity index (χ0v) is 20.8. The standard InChI is InChI=1S/C27H24FN7O3/c1-15(2)21-14-23(35(34-21)17-7-5-4-6-8-17)32-27(37)31-20-10-9-18(13-19(20)28)38-22-11-12-29-25-24(22)33-26(36)16(3)30-25/h4-15H,1-3H3,(H,33,36)(H2,31,32,37). The minimum absolute atomic E-state index is 0.0463. The average Bonchev–Trinajstić information content (AvgIpc) is 3.31. The Labute approximate surface area is 216 Å². The summed E-state index contributed by atoms with van der Waals surface area (Å²) in [5.41, 5.74) is 2.02. The van der Waals surface area contributed by atoms with Gasteiger partial charge in [0.05, 0.1) is 17.1 Å². The summed E-state index contributed by atoms with van der Waals surface area (Å²) in [7, 11) is 0. The summed E-state index contributed by atoms with van der Waals surface area (Å²) < 4.78 is 22.3. The van der Waals surface area contributed by atoms with Gasteiger partial charge in [0.2, 0.25) is 0 Å². The maximum atomic E-state index is 14.9. The summed E-state index contributed by atoms with van der Waals surface area (Å²) in [5.74, 6) is 0.292. The molecular weight excluding hydrogens is 489 g/mol. The third-order valence-corrected chi connectivity index (χ3v) is 5.71. The van der Waals surface area contributed by atoms with E-state index in [2.05, 4.69) is 30.7 Å². The van der Waals surface area contributed by atoms with E-state index in [-0.39, 0.29) is 34.4 Å². The van der Waals surface area contributed by atoms with E-state index in [1.807, 2.05) is 44.2 Å². The molecule has 38 heavy (non-hydrogen) atoms. The van der Waals surface area contributed by atoms with E-state index >= 15 is 0 Å². The first-order chi connectivity index (χ1) is 18.3. The Hall–Kier alpha value is -5.06. The number of hydrogen-bond acceptors (Lipinski definition) is 6. The molecule has 0 unspecified atom stereocenters. The molecule has 3 N–H and O–H groups in total. The molecule has 11 heteroatoms. The number of aromatic nitrogens is 5. The molecule has 192 valence electrons. The highest BCUT2D eigenvalue weighted by atomic mass is 19.1. The first-order valence-electron chi connectivity index (χ1n) is 11.8. The van der Waals surface area contributed by atoms with Gasteiger partial charge in [-0.05, 0) is 37.1 Å². The van der Waals surface area contributed by atoms with Gasteiger partial charge in [-0.15, -0.1) is 0 Å². The summed E-state index contributed by atoms with van der Waals surface area (Å²) in [6.07, 6.45) is 1.48. The van der Waals surface area contributed by atoms with Crippen molar-refractivity contribution in [2.45, 2.75) is 26.7 Å². The highest BCUT2D eigenvalue weighted by molar-refractivity contribution is 5.99. The average molecular weight is 514 g/mol. The monoisotopic (exact) mass is 513 g/mol. The molecule has 0 aliphatic rings. The molecule has 0 atom stereocenters. The molecular formula is C27H24FN7O3. The first-order valence-corrected chi connectivity index (χ1v) is 11.8. The summed E-state index contributed by atoms with van der Waals surface area (Å²) >= 11 is 0. The Balaban J connectivity index is 1.34. The van der Waals surface area contributed by atoms with Crippen molar-refractivity contribution in [2.75, 3.05) is 10.6 Å². The number of aryl methyl sites for hydroxylation is 1. The van der Waals surface area contributed by atoms with Crippen LogP contribution in [0.3, 0.4) is 0 Å². The van der Waals surface area contributed by atoms with Crippen molar-refractivity contribution in [3.8, 4) is 17.2 Å². The van der Waals surface area contributed by atoms with Gasteiger partial charge in [-0.2, -0.15) is 5.10 Å². The van der Waals surface area contributed by atoms with Gasteiger partial charge in [0, 0.05) is 24.4 Å². The lowest BCUT2D eigenvalue weighted by molar-refractivity contribution is 0.262. The van der Waals surface area contributed by atoms with Crippen molar-refractivity contribution in [3.05, 3.63) is 94.4 Å². The van der Waals surface area contributed by atoms with Crippen LogP contribution in [0.1, 0.15) is 31.2 Å². The lowest BCUT2D eigenvalue weighted by Crippen LogP contribution is -2.21. The topological polar surface area (TPSA) is 127 Å². The molecule has 0 saturated heterocycles. The van der Waals surface area contributed by atoms with Crippen LogP contribution in [0.25, 0.3) is 16.9 Å². The minimum atomic E-state index is -0.710. The Kier molecular flexibility index (Phi) is 6.56. The van der Waals surface area contributed by atoms with E-state index in [9.17, 15) is 14.0 Å². The maximum Gasteiger partial charge on any atom is 0.324 e. The second-order valence-electron chi connectivity index (χ2n) is 8.84. The fourth-order valence-electron chi connectivity index (χ4n) is 3.73. The predicted octanol–water partition coefficient (Wildman–Crippen LogP) is 5.51. The van der Waals surface area contributed by atoms with E-state index in [0.717, 1.165) is 17.4 Å². The molecule has 0 bridgehead atoms. The SMILES string of the molecule is Cc1nc2nccc(Oc3ccc(NC(=O)Nc4cc(C(C)C)nn4-c4ccccc4)c(F)c3)c2[nH]c1=O. The summed E-state index contributed by atoms with van der Waals surface area (Å²) in [6.45, 7) is 5.58. The lowest BCUT2D eigenvalue weighted by Gasteiger charge is -2.12. The van der Waals surface area contributed by atoms with E-state index < -0.39 is 11.8 Å². The number of nitrogens with zero attached hydrogens (tertiary/aromatic N) is 4. The van der Waals surface area contributed by atoms with Crippen molar-refractivity contribution in [1.29, 1.82) is 0 Å². The van der Waals surface area contributed by atoms with Crippen LogP contribution in [0.5, 0.6) is 11.5 Å². The molecule has 10 nitrogen and oxygen atoms in total.